The van der Waals surface area contributed by atoms with Gasteiger partial charge < -0.3 is 20.7 Å². The Bertz CT molecular complexity index is 1730. The van der Waals surface area contributed by atoms with Crippen molar-refractivity contribution in [1.29, 1.82) is 0 Å². The van der Waals surface area contributed by atoms with Gasteiger partial charge in [0.05, 0.1) is 12.5 Å². The van der Waals surface area contributed by atoms with Gasteiger partial charge in [-0.2, -0.15) is 5.10 Å². The third-order valence-corrected chi connectivity index (χ3v) is 6.59. The van der Waals surface area contributed by atoms with Gasteiger partial charge in [-0.15, -0.1) is 0 Å². The number of nitrogens with zero attached hydrogens (tertiary/aromatic N) is 4. The molecule has 1 atom stereocenters. The first-order valence-electron chi connectivity index (χ1n) is 13.5. The van der Waals surface area contributed by atoms with Crippen LogP contribution in [0.15, 0.2) is 47.5 Å². The zero-order valence-corrected chi connectivity index (χ0v) is 24.5. The smallest absolute Gasteiger partial charge is 0.305 e. The number of rotatable bonds is 9. The first-order valence-corrected chi connectivity index (χ1v) is 13.5. The van der Waals surface area contributed by atoms with E-state index in [-0.39, 0.29) is 29.0 Å². The van der Waals surface area contributed by atoms with E-state index >= 15 is 0 Å². The van der Waals surface area contributed by atoms with Crippen molar-refractivity contribution >= 4 is 23.4 Å². The van der Waals surface area contributed by atoms with Gasteiger partial charge in [0.2, 0.25) is 5.91 Å². The number of primary amides is 1. The van der Waals surface area contributed by atoms with Crippen molar-refractivity contribution in [2.45, 2.75) is 53.0 Å². The Morgan fingerprint density at radius 3 is 2.42 bits per heavy atom. The summed E-state index contributed by atoms with van der Waals surface area (Å²) in [5.74, 6) is -3.89. The molecule has 43 heavy (non-hydrogen) atoms. The molecule has 0 spiro atoms. The number of amides is 2. The number of hydrogen-bond acceptors (Lipinski definition) is 6. The summed E-state index contributed by atoms with van der Waals surface area (Å²) < 4.78 is 32.4. The predicted molar refractivity (Wildman–Crippen MR) is 155 cm³/mol. The van der Waals surface area contributed by atoms with Crippen LogP contribution in [0.25, 0.3) is 16.8 Å². The highest BCUT2D eigenvalue weighted by Gasteiger charge is 2.25. The van der Waals surface area contributed by atoms with Crippen LogP contribution in [0.3, 0.4) is 0 Å². The van der Waals surface area contributed by atoms with Crippen LogP contribution in [0.5, 0.6) is 0 Å². The molecule has 228 valence electrons. The fourth-order valence-corrected chi connectivity index (χ4v) is 4.40. The predicted octanol–water partition coefficient (Wildman–Crippen LogP) is 3.84. The number of carbonyl (C=O) groups is 3. The minimum atomic E-state index is -1.24. The molecule has 0 aliphatic carbocycles. The monoisotopic (exact) mass is 596 g/mol. The largest absolute Gasteiger partial charge is 0.481 e. The van der Waals surface area contributed by atoms with E-state index in [2.05, 4.69) is 15.4 Å². The van der Waals surface area contributed by atoms with Crippen LogP contribution >= 0.6 is 0 Å². The molecule has 13 heteroatoms. The molecule has 0 bridgehead atoms. The third-order valence-electron chi connectivity index (χ3n) is 6.59. The van der Waals surface area contributed by atoms with E-state index in [1.807, 2.05) is 20.8 Å². The van der Waals surface area contributed by atoms with Gasteiger partial charge in [0.1, 0.15) is 11.4 Å². The number of carboxylic acid groups (broad SMARTS) is 1. The van der Waals surface area contributed by atoms with Gasteiger partial charge >= 0.3 is 5.97 Å². The number of fused-ring (bicyclic) bond motifs is 1. The van der Waals surface area contributed by atoms with E-state index in [4.69, 9.17) is 5.73 Å². The van der Waals surface area contributed by atoms with Crippen molar-refractivity contribution in [3.05, 3.63) is 87.2 Å². The Hall–Kier alpha value is -4.94. The van der Waals surface area contributed by atoms with Crippen LogP contribution in [-0.4, -0.2) is 42.1 Å². The van der Waals surface area contributed by atoms with Gasteiger partial charge in [0.25, 0.3) is 11.5 Å². The molecule has 4 N–H and O–H groups in total. The molecule has 4 rings (SSSR count). The van der Waals surface area contributed by atoms with Crippen molar-refractivity contribution in [2.75, 3.05) is 0 Å². The third kappa shape index (κ3) is 8.09. The molecule has 2 amide bonds. The lowest BCUT2D eigenvalue weighted by molar-refractivity contribution is -0.137. The molecule has 1 aromatic carbocycles. The van der Waals surface area contributed by atoms with E-state index in [0.29, 0.717) is 29.0 Å². The van der Waals surface area contributed by atoms with Gasteiger partial charge in [-0.3, -0.25) is 19.2 Å². The van der Waals surface area contributed by atoms with Crippen molar-refractivity contribution in [1.82, 2.24) is 24.5 Å². The first-order chi connectivity index (χ1) is 20.2. The summed E-state index contributed by atoms with van der Waals surface area (Å²) in [7, 11) is 1.56. The van der Waals surface area contributed by atoms with Gasteiger partial charge in [0.15, 0.2) is 17.3 Å². The quantitative estimate of drug-likeness (QED) is 0.264. The lowest BCUT2D eigenvalue weighted by Crippen LogP contribution is -2.31. The van der Waals surface area contributed by atoms with E-state index in [9.17, 15) is 33.1 Å². The summed E-state index contributed by atoms with van der Waals surface area (Å²) >= 11 is 0. The Morgan fingerprint density at radius 1 is 1.12 bits per heavy atom. The molecule has 0 fully saturated rings. The number of halogens is 2. The maximum absolute atomic E-state index is 14.8. The Balaban J connectivity index is 0.000000386. The average Bonchev–Trinajstić information content (AvgIpc) is 3.30. The molecule has 0 aliphatic rings. The maximum Gasteiger partial charge on any atom is 0.305 e. The SMILES string of the molecule is Cc1nc2c(-c3cc(F)c(F)c([C@H](CC(=O)O)NC(=O)CCC(C)C)c3)c(C)ccn2n1.Cn1cccc(C(N)=O)c1=O. The molecule has 4 aromatic rings. The van der Waals surface area contributed by atoms with E-state index in [0.717, 1.165) is 11.6 Å². The number of carbonyl (C=O) groups excluding carboxylic acids is 2. The van der Waals surface area contributed by atoms with Crippen molar-refractivity contribution in [2.24, 2.45) is 18.7 Å². The number of nitrogens with one attached hydrogen (secondary N) is 1. The number of aromatic nitrogens is 4. The van der Waals surface area contributed by atoms with Crippen molar-refractivity contribution < 1.29 is 28.3 Å². The molecule has 0 saturated carbocycles. The van der Waals surface area contributed by atoms with Crippen LogP contribution in [0.2, 0.25) is 0 Å². The first kappa shape index (κ1) is 32.6. The molecular weight excluding hydrogens is 562 g/mol. The number of nitrogens with two attached hydrogens (primary N) is 1. The zero-order valence-electron chi connectivity index (χ0n) is 24.5. The fraction of sp³-hybridized carbons (Fsp3) is 0.333. The molecular formula is C30H34F2N6O5. The highest BCUT2D eigenvalue weighted by Crippen LogP contribution is 2.33. The number of aryl methyl sites for hydroxylation is 3. The number of hydrogen-bond donors (Lipinski definition) is 3. The topological polar surface area (TPSA) is 162 Å². The van der Waals surface area contributed by atoms with Crippen LogP contribution in [0, 0.1) is 31.4 Å². The summed E-state index contributed by atoms with van der Waals surface area (Å²) in [5.41, 5.74) is 6.47. The van der Waals surface area contributed by atoms with Crippen LogP contribution < -0.4 is 16.6 Å². The molecule has 0 saturated heterocycles. The van der Waals surface area contributed by atoms with Crippen molar-refractivity contribution in [3.8, 4) is 11.1 Å². The Morgan fingerprint density at radius 2 is 1.81 bits per heavy atom. The zero-order chi connectivity index (χ0) is 32.0. The highest BCUT2D eigenvalue weighted by molar-refractivity contribution is 5.92. The summed E-state index contributed by atoms with van der Waals surface area (Å²) in [6.45, 7) is 7.44. The molecule has 0 unspecified atom stereocenters. The second-order valence-corrected chi connectivity index (χ2v) is 10.5. The van der Waals surface area contributed by atoms with E-state index < -0.39 is 41.9 Å². The number of pyridine rings is 2. The molecule has 3 aromatic heterocycles. The molecule has 0 aliphatic heterocycles. The minimum absolute atomic E-state index is 0.0231. The number of carboxylic acids is 1. The lowest BCUT2D eigenvalue weighted by Gasteiger charge is -2.20. The minimum Gasteiger partial charge on any atom is -0.481 e. The van der Waals surface area contributed by atoms with Gasteiger partial charge in [-0.05, 0) is 67.6 Å². The second kappa shape index (κ2) is 13.8. The standard InChI is InChI=1S/C23H26F2N4O3.C7H8N2O2/c1-12(2)5-6-19(30)27-18(11-20(31)32)16-9-15(10-17(24)22(16)25)21-13(3)7-8-29-23(21)26-14(4)28-29;1-9-4-2-3-5(6(8)10)7(9)11/h7-10,12,18H,5-6,11H2,1-4H3,(H,27,30)(H,31,32);2-4H,1H3,(H2,8,10)/t18-;/m0./s1. The van der Waals surface area contributed by atoms with E-state index in [1.165, 1.54) is 16.7 Å². The number of aliphatic carboxylic acids is 1. The van der Waals surface area contributed by atoms with Gasteiger partial charge in [-0.25, -0.2) is 18.3 Å². The van der Waals surface area contributed by atoms with Gasteiger partial charge in [-0.1, -0.05) is 13.8 Å². The normalized spacial score (nSPS) is 11.6. The van der Waals surface area contributed by atoms with E-state index in [1.54, 1.807) is 43.0 Å². The second-order valence-electron chi connectivity index (χ2n) is 10.5. The average molecular weight is 597 g/mol. The van der Waals surface area contributed by atoms with Crippen LogP contribution in [0.1, 0.15) is 66.5 Å². The Labute approximate surface area is 246 Å². The number of benzene rings is 1. The summed E-state index contributed by atoms with van der Waals surface area (Å²) in [6, 6.07) is 5.98. The maximum atomic E-state index is 14.8. The molecule has 3 heterocycles. The summed E-state index contributed by atoms with van der Waals surface area (Å²) in [5, 5.41) is 16.1. The highest BCUT2D eigenvalue weighted by atomic mass is 19.2. The fourth-order valence-electron chi connectivity index (χ4n) is 4.40. The van der Waals surface area contributed by atoms with Crippen LogP contribution in [0.4, 0.5) is 8.78 Å². The molecule has 0 radical (unpaired) electrons. The van der Waals surface area contributed by atoms with Crippen molar-refractivity contribution in [3.63, 3.8) is 0 Å². The summed E-state index contributed by atoms with van der Waals surface area (Å²) in [6.07, 6.45) is 3.46. The Kier molecular flexibility index (Phi) is 10.5. The van der Waals surface area contributed by atoms with Crippen LogP contribution in [-0.2, 0) is 16.6 Å². The molecule has 11 nitrogen and oxygen atoms in total. The summed E-state index contributed by atoms with van der Waals surface area (Å²) in [4.78, 5) is 49.8. The van der Waals surface area contributed by atoms with Gasteiger partial charge in [0, 0.05) is 37.0 Å². The lowest BCUT2D eigenvalue weighted by atomic mass is 9.95.